The summed E-state index contributed by atoms with van der Waals surface area (Å²) in [5, 5.41) is 7.37. The first-order valence-corrected chi connectivity index (χ1v) is 17.5. The lowest BCUT2D eigenvalue weighted by molar-refractivity contribution is 0.0261. The molecule has 1 aliphatic rings. The Bertz CT molecular complexity index is 1360. The zero-order chi connectivity index (χ0) is 34.2. The summed E-state index contributed by atoms with van der Waals surface area (Å²) in [4.78, 5) is 9.18. The van der Waals surface area contributed by atoms with Crippen LogP contribution in [0.5, 0.6) is 11.6 Å². The van der Waals surface area contributed by atoms with Gasteiger partial charge in [0.05, 0.1) is 30.8 Å². The number of nitrogens with one attached hydrogen (secondary N) is 2. The fourth-order valence-electron chi connectivity index (χ4n) is 6.20. The SMILES string of the molecule is CC(C)[C@H](C)Nc1ccc(-c2ccc(OCCCOCC(C)(C)CC(C)(C)N[C@H]3C[C@H](Oc4ccc(C(C)(C)C)cn4)C3)cc2)nc1. The first-order valence-electron chi connectivity index (χ1n) is 17.5. The number of nitrogens with zero attached hydrogens (tertiary/aromatic N) is 2. The molecule has 2 N–H and O–H groups in total. The van der Waals surface area contributed by atoms with Crippen molar-refractivity contribution >= 4 is 5.69 Å². The number of pyridine rings is 2. The van der Waals surface area contributed by atoms with Crippen molar-refractivity contribution in [1.82, 2.24) is 15.3 Å². The quantitative estimate of drug-likeness (QED) is 0.142. The Morgan fingerprint density at radius 2 is 1.55 bits per heavy atom. The van der Waals surface area contributed by atoms with Crippen LogP contribution in [0.25, 0.3) is 11.3 Å². The fourth-order valence-corrected chi connectivity index (χ4v) is 6.20. The molecule has 258 valence electrons. The van der Waals surface area contributed by atoms with E-state index in [2.05, 4.69) is 120 Å². The monoisotopic (exact) mass is 644 g/mol. The number of rotatable bonds is 17. The van der Waals surface area contributed by atoms with Crippen LogP contribution in [0, 0.1) is 11.3 Å². The molecule has 2 aromatic heterocycles. The molecular weight excluding hydrogens is 584 g/mol. The van der Waals surface area contributed by atoms with Gasteiger partial charge in [0.1, 0.15) is 11.9 Å². The smallest absolute Gasteiger partial charge is 0.213 e. The van der Waals surface area contributed by atoms with E-state index in [1.807, 2.05) is 30.6 Å². The van der Waals surface area contributed by atoms with Crippen molar-refractivity contribution < 1.29 is 14.2 Å². The highest BCUT2D eigenvalue weighted by molar-refractivity contribution is 5.62. The summed E-state index contributed by atoms with van der Waals surface area (Å²) >= 11 is 0. The molecule has 3 aromatic rings. The largest absolute Gasteiger partial charge is 0.494 e. The van der Waals surface area contributed by atoms with Gasteiger partial charge in [-0.2, -0.15) is 0 Å². The van der Waals surface area contributed by atoms with Crippen LogP contribution in [0.2, 0.25) is 0 Å². The van der Waals surface area contributed by atoms with Crippen LogP contribution in [0.3, 0.4) is 0 Å². The summed E-state index contributed by atoms with van der Waals surface area (Å²) in [6.07, 6.45) is 7.95. The highest BCUT2D eigenvalue weighted by atomic mass is 16.5. The Kier molecular flexibility index (Phi) is 12.3. The molecule has 0 unspecified atom stereocenters. The topological polar surface area (TPSA) is 77.5 Å². The lowest BCUT2D eigenvalue weighted by atomic mass is 9.78. The summed E-state index contributed by atoms with van der Waals surface area (Å²) in [5.41, 5.74) is 4.46. The number of aromatic nitrogens is 2. The minimum atomic E-state index is 0.00512. The molecule has 0 spiro atoms. The second-order valence-corrected chi connectivity index (χ2v) is 16.3. The lowest BCUT2D eigenvalue weighted by Crippen LogP contribution is -2.55. The van der Waals surface area contributed by atoms with E-state index in [1.165, 1.54) is 5.56 Å². The Labute approximate surface area is 284 Å². The maximum absolute atomic E-state index is 6.13. The zero-order valence-corrected chi connectivity index (χ0v) is 30.7. The average molecular weight is 645 g/mol. The first-order chi connectivity index (χ1) is 22.1. The predicted octanol–water partition coefficient (Wildman–Crippen LogP) is 9.08. The van der Waals surface area contributed by atoms with Crippen molar-refractivity contribution in [1.29, 1.82) is 0 Å². The van der Waals surface area contributed by atoms with Crippen LogP contribution in [-0.2, 0) is 10.2 Å². The van der Waals surface area contributed by atoms with E-state index >= 15 is 0 Å². The van der Waals surface area contributed by atoms with Gasteiger partial charge in [-0.1, -0.05) is 54.5 Å². The highest BCUT2D eigenvalue weighted by Gasteiger charge is 2.37. The van der Waals surface area contributed by atoms with E-state index in [0.717, 1.165) is 60.9 Å². The Morgan fingerprint density at radius 3 is 2.15 bits per heavy atom. The molecule has 1 atom stereocenters. The summed E-state index contributed by atoms with van der Waals surface area (Å²) in [5.74, 6) is 2.15. The van der Waals surface area contributed by atoms with E-state index in [-0.39, 0.29) is 22.5 Å². The van der Waals surface area contributed by atoms with Gasteiger partial charge in [-0.05, 0) is 98.7 Å². The highest BCUT2D eigenvalue weighted by Crippen LogP contribution is 2.33. The molecule has 47 heavy (non-hydrogen) atoms. The van der Waals surface area contributed by atoms with E-state index < -0.39 is 0 Å². The maximum Gasteiger partial charge on any atom is 0.213 e. The van der Waals surface area contributed by atoms with Crippen LogP contribution in [0.15, 0.2) is 60.9 Å². The van der Waals surface area contributed by atoms with Crippen LogP contribution in [-0.4, -0.2) is 53.5 Å². The zero-order valence-electron chi connectivity index (χ0n) is 30.7. The van der Waals surface area contributed by atoms with E-state index in [9.17, 15) is 0 Å². The van der Waals surface area contributed by atoms with Gasteiger partial charge in [0.2, 0.25) is 5.88 Å². The standard InChI is InChI=1S/C40H60N4O3/c1-28(2)29(3)43-32-15-18-36(41-25-32)30-12-16-34(17-13-30)46-21-11-20-45-27-39(7,8)26-40(9,10)44-33-22-35(23-33)47-37-19-14-31(24-42-37)38(4,5)6/h12-19,24-25,28-29,33,35,43-44H,11,20-23,26-27H2,1-10H3/t29-,33-,35-/m0/s1. The molecule has 2 heterocycles. The number of hydrogen-bond acceptors (Lipinski definition) is 7. The van der Waals surface area contributed by atoms with Gasteiger partial charge < -0.3 is 24.8 Å². The van der Waals surface area contributed by atoms with Gasteiger partial charge in [-0.3, -0.25) is 4.98 Å². The molecule has 0 radical (unpaired) electrons. The second-order valence-electron chi connectivity index (χ2n) is 16.3. The average Bonchev–Trinajstić information content (AvgIpc) is 2.97. The van der Waals surface area contributed by atoms with Crippen LogP contribution in [0.1, 0.15) is 100 Å². The van der Waals surface area contributed by atoms with Crippen molar-refractivity contribution in [3.05, 3.63) is 66.5 Å². The molecule has 7 nitrogen and oxygen atoms in total. The van der Waals surface area contributed by atoms with Gasteiger partial charge in [-0.15, -0.1) is 0 Å². The van der Waals surface area contributed by atoms with Crippen LogP contribution < -0.4 is 20.1 Å². The van der Waals surface area contributed by atoms with Crippen molar-refractivity contribution in [3.63, 3.8) is 0 Å². The molecule has 1 aromatic carbocycles. The summed E-state index contributed by atoms with van der Waals surface area (Å²) in [6.45, 7) is 24.4. The van der Waals surface area contributed by atoms with Crippen molar-refractivity contribution in [3.8, 4) is 22.9 Å². The predicted molar refractivity (Wildman–Crippen MR) is 195 cm³/mol. The summed E-state index contributed by atoms with van der Waals surface area (Å²) < 4.78 is 18.2. The summed E-state index contributed by atoms with van der Waals surface area (Å²) in [6, 6.07) is 17.3. The molecule has 1 fully saturated rings. The van der Waals surface area contributed by atoms with Gasteiger partial charge in [0.25, 0.3) is 0 Å². The van der Waals surface area contributed by atoms with E-state index in [1.54, 1.807) is 0 Å². The van der Waals surface area contributed by atoms with Gasteiger partial charge in [-0.25, -0.2) is 4.98 Å². The third-order valence-corrected chi connectivity index (χ3v) is 9.00. The van der Waals surface area contributed by atoms with Crippen LogP contribution in [0.4, 0.5) is 5.69 Å². The maximum atomic E-state index is 6.13. The molecule has 0 aliphatic heterocycles. The van der Waals surface area contributed by atoms with Crippen molar-refractivity contribution in [2.45, 2.75) is 124 Å². The normalized spacial score (nSPS) is 17.7. The molecule has 4 rings (SSSR count). The number of hydrogen-bond donors (Lipinski definition) is 2. The minimum absolute atomic E-state index is 0.00512. The van der Waals surface area contributed by atoms with E-state index in [0.29, 0.717) is 31.2 Å². The third kappa shape index (κ3) is 11.8. The lowest BCUT2D eigenvalue weighted by Gasteiger charge is -2.43. The Morgan fingerprint density at radius 1 is 0.830 bits per heavy atom. The number of anilines is 1. The molecule has 1 aliphatic carbocycles. The van der Waals surface area contributed by atoms with Gasteiger partial charge in [0.15, 0.2) is 0 Å². The van der Waals surface area contributed by atoms with Gasteiger partial charge in [0, 0.05) is 48.5 Å². The Balaban J connectivity index is 1.09. The van der Waals surface area contributed by atoms with Crippen molar-refractivity contribution in [2.24, 2.45) is 11.3 Å². The summed E-state index contributed by atoms with van der Waals surface area (Å²) in [7, 11) is 0. The molecule has 7 heteroatoms. The van der Waals surface area contributed by atoms with Gasteiger partial charge >= 0.3 is 0 Å². The minimum Gasteiger partial charge on any atom is -0.494 e. The Hall–Kier alpha value is -3.16. The third-order valence-electron chi connectivity index (χ3n) is 9.00. The fraction of sp³-hybridized carbons (Fsp3) is 0.600. The molecule has 0 bridgehead atoms. The van der Waals surface area contributed by atoms with Crippen LogP contribution >= 0.6 is 0 Å². The second kappa shape index (κ2) is 15.8. The molecule has 0 saturated heterocycles. The van der Waals surface area contributed by atoms with Crippen molar-refractivity contribution in [2.75, 3.05) is 25.1 Å². The van der Waals surface area contributed by atoms with E-state index in [4.69, 9.17) is 14.2 Å². The number of ether oxygens (including phenoxy) is 3. The number of benzene rings is 1. The molecule has 1 saturated carbocycles. The molecular formula is C40H60N4O3. The molecule has 0 amide bonds. The first kappa shape index (κ1) is 36.7.